The number of nitrogens with zero attached hydrogens (tertiary/aromatic N) is 5. The molecule has 5 rings (SSSR count). The molecule has 1 aromatic carbocycles. The Morgan fingerprint density at radius 2 is 1.89 bits per heavy atom. The fourth-order valence-corrected chi connectivity index (χ4v) is 3.98. The quantitative estimate of drug-likeness (QED) is 0.546. The first kappa shape index (κ1) is 16.6. The molecule has 6 nitrogen and oxygen atoms in total. The highest BCUT2D eigenvalue weighted by molar-refractivity contribution is 7.13. The van der Waals surface area contributed by atoms with E-state index >= 15 is 0 Å². The predicted octanol–water partition coefficient (Wildman–Crippen LogP) is 3.38. The topological polar surface area (TPSA) is 56.1 Å². The summed E-state index contributed by atoms with van der Waals surface area (Å²) < 4.78 is 7.31. The van der Waals surface area contributed by atoms with Crippen LogP contribution in [0.1, 0.15) is 5.56 Å². The highest BCUT2D eigenvalue weighted by Gasteiger charge is 2.12. The zero-order valence-electron chi connectivity index (χ0n) is 14.8. The lowest BCUT2D eigenvalue weighted by atomic mass is 10.2. The van der Waals surface area contributed by atoms with Crippen molar-refractivity contribution >= 4 is 22.4 Å². The van der Waals surface area contributed by atoms with Gasteiger partial charge in [-0.3, -0.25) is 4.90 Å². The van der Waals surface area contributed by atoms with E-state index in [1.165, 1.54) is 5.56 Å². The minimum atomic E-state index is 0.748. The molecular weight excluding hydrogens is 358 g/mol. The highest BCUT2D eigenvalue weighted by Crippen LogP contribution is 2.24. The van der Waals surface area contributed by atoms with Gasteiger partial charge in [-0.2, -0.15) is 5.10 Å². The van der Waals surface area contributed by atoms with Gasteiger partial charge in [0.25, 0.3) is 0 Å². The molecule has 27 heavy (non-hydrogen) atoms. The van der Waals surface area contributed by atoms with E-state index in [4.69, 9.17) is 4.74 Å². The number of benzene rings is 1. The first-order chi connectivity index (χ1) is 13.4. The summed E-state index contributed by atoms with van der Waals surface area (Å²) in [4.78, 5) is 12.7. The first-order valence-corrected chi connectivity index (χ1v) is 9.89. The number of hydrogen-bond acceptors (Lipinski definition) is 6. The summed E-state index contributed by atoms with van der Waals surface area (Å²) in [5.74, 6) is 0.748. The van der Waals surface area contributed by atoms with Crippen molar-refractivity contribution in [2.24, 2.45) is 0 Å². The maximum Gasteiger partial charge on any atom is 0.170 e. The summed E-state index contributed by atoms with van der Waals surface area (Å²) in [6, 6.07) is 12.6. The minimum Gasteiger partial charge on any atom is -0.379 e. The zero-order valence-corrected chi connectivity index (χ0v) is 15.6. The van der Waals surface area contributed by atoms with Crippen LogP contribution < -0.4 is 0 Å². The number of thiophene rings is 1. The SMILES string of the molecule is c1csc(-c2ncc3c(cnn3-c3ccc(CN4CCOCC4)cc3)n2)c1. The summed E-state index contributed by atoms with van der Waals surface area (Å²) in [7, 11) is 0. The second-order valence-electron chi connectivity index (χ2n) is 6.55. The highest BCUT2D eigenvalue weighted by atomic mass is 32.1. The molecule has 136 valence electrons. The lowest BCUT2D eigenvalue weighted by molar-refractivity contribution is 0.0342. The van der Waals surface area contributed by atoms with Crippen LogP contribution in [0.15, 0.2) is 54.2 Å². The van der Waals surface area contributed by atoms with Crippen molar-refractivity contribution in [1.29, 1.82) is 0 Å². The third kappa shape index (κ3) is 3.37. The van der Waals surface area contributed by atoms with Gasteiger partial charge in [0.05, 0.1) is 36.2 Å². The molecule has 0 atom stereocenters. The van der Waals surface area contributed by atoms with Gasteiger partial charge in [0.1, 0.15) is 11.0 Å². The largest absolute Gasteiger partial charge is 0.379 e. The number of ether oxygens (including phenoxy) is 1. The maximum absolute atomic E-state index is 5.41. The molecule has 0 bridgehead atoms. The van der Waals surface area contributed by atoms with Gasteiger partial charge < -0.3 is 4.74 Å². The maximum atomic E-state index is 5.41. The molecule has 1 aliphatic rings. The fourth-order valence-electron chi connectivity index (χ4n) is 3.31. The van der Waals surface area contributed by atoms with Gasteiger partial charge in [-0.15, -0.1) is 11.3 Å². The van der Waals surface area contributed by atoms with Crippen molar-refractivity contribution in [2.45, 2.75) is 6.54 Å². The van der Waals surface area contributed by atoms with Gasteiger partial charge >= 0.3 is 0 Å². The van der Waals surface area contributed by atoms with Crippen molar-refractivity contribution in [3.63, 3.8) is 0 Å². The number of fused-ring (bicyclic) bond motifs is 1. The third-order valence-electron chi connectivity index (χ3n) is 4.75. The first-order valence-electron chi connectivity index (χ1n) is 9.01. The lowest BCUT2D eigenvalue weighted by Gasteiger charge is -2.26. The van der Waals surface area contributed by atoms with Crippen LogP contribution in [0.4, 0.5) is 0 Å². The van der Waals surface area contributed by atoms with Gasteiger partial charge in [0.15, 0.2) is 5.82 Å². The van der Waals surface area contributed by atoms with Gasteiger partial charge in [-0.1, -0.05) is 18.2 Å². The summed E-state index contributed by atoms with van der Waals surface area (Å²) in [6.45, 7) is 4.59. The van der Waals surface area contributed by atoms with Gasteiger partial charge in [0.2, 0.25) is 0 Å². The summed E-state index contributed by atoms with van der Waals surface area (Å²) in [5, 5.41) is 6.56. The number of morpholine rings is 1. The minimum absolute atomic E-state index is 0.748. The number of aromatic nitrogens is 4. The number of rotatable bonds is 4. The van der Waals surface area contributed by atoms with E-state index in [-0.39, 0.29) is 0 Å². The normalized spacial score (nSPS) is 15.4. The molecule has 0 amide bonds. The Hall–Kier alpha value is -2.61. The second kappa shape index (κ2) is 7.19. The monoisotopic (exact) mass is 377 g/mol. The lowest BCUT2D eigenvalue weighted by Crippen LogP contribution is -2.35. The van der Waals surface area contributed by atoms with Crippen LogP contribution in [0.2, 0.25) is 0 Å². The molecule has 1 aliphatic heterocycles. The smallest absolute Gasteiger partial charge is 0.170 e. The van der Waals surface area contributed by atoms with Crippen molar-refractivity contribution in [3.8, 4) is 16.4 Å². The summed E-state index contributed by atoms with van der Waals surface area (Å²) in [5.41, 5.74) is 4.08. The second-order valence-corrected chi connectivity index (χ2v) is 7.50. The van der Waals surface area contributed by atoms with Gasteiger partial charge in [0, 0.05) is 19.6 Å². The third-order valence-corrected chi connectivity index (χ3v) is 5.62. The average Bonchev–Trinajstić information content (AvgIpc) is 3.39. The standard InChI is InChI=1S/C20H19N5OS/c1-2-19(27-11-1)20-21-13-18-17(23-20)12-22-25(18)16-5-3-15(4-6-16)14-24-7-9-26-10-8-24/h1-6,11-13H,7-10,14H2. The van der Waals surface area contributed by atoms with Crippen LogP contribution in [0.3, 0.4) is 0 Å². The Kier molecular flexibility index (Phi) is 4.41. The van der Waals surface area contributed by atoms with E-state index in [1.807, 2.05) is 28.4 Å². The Morgan fingerprint density at radius 1 is 1.04 bits per heavy atom. The van der Waals surface area contributed by atoms with Gasteiger partial charge in [-0.05, 0) is 29.1 Å². The fraction of sp³-hybridized carbons (Fsp3) is 0.250. The van der Waals surface area contributed by atoms with Crippen LogP contribution in [-0.4, -0.2) is 51.0 Å². The van der Waals surface area contributed by atoms with Gasteiger partial charge in [-0.25, -0.2) is 14.6 Å². The van der Waals surface area contributed by atoms with E-state index < -0.39 is 0 Å². The van der Waals surface area contributed by atoms with E-state index in [0.717, 1.165) is 60.3 Å². The van der Waals surface area contributed by atoms with Crippen LogP contribution in [0.5, 0.6) is 0 Å². The predicted molar refractivity (Wildman–Crippen MR) is 106 cm³/mol. The Labute approximate surface area is 161 Å². The van der Waals surface area contributed by atoms with Crippen LogP contribution in [-0.2, 0) is 11.3 Å². The van der Waals surface area contributed by atoms with E-state index in [2.05, 4.69) is 44.2 Å². The Balaban J connectivity index is 1.40. The summed E-state index contributed by atoms with van der Waals surface area (Å²) >= 11 is 1.64. The Morgan fingerprint density at radius 3 is 2.67 bits per heavy atom. The molecule has 3 aromatic heterocycles. The molecule has 0 spiro atoms. The van der Waals surface area contributed by atoms with Crippen molar-refractivity contribution in [1.82, 2.24) is 24.6 Å². The molecule has 0 radical (unpaired) electrons. The molecular formula is C20H19N5OS. The molecule has 1 fully saturated rings. The van der Waals surface area contributed by atoms with Crippen molar-refractivity contribution in [3.05, 3.63) is 59.7 Å². The van der Waals surface area contributed by atoms with Crippen molar-refractivity contribution < 1.29 is 4.74 Å². The molecule has 0 N–H and O–H groups in total. The molecule has 7 heteroatoms. The van der Waals surface area contributed by atoms with E-state index in [1.54, 1.807) is 17.5 Å². The van der Waals surface area contributed by atoms with Crippen LogP contribution >= 0.6 is 11.3 Å². The Bertz CT molecular complexity index is 1040. The molecule has 4 aromatic rings. The van der Waals surface area contributed by atoms with Crippen molar-refractivity contribution in [2.75, 3.05) is 26.3 Å². The molecule has 4 heterocycles. The van der Waals surface area contributed by atoms with E-state index in [0.29, 0.717) is 0 Å². The van der Waals surface area contributed by atoms with E-state index in [9.17, 15) is 0 Å². The zero-order chi connectivity index (χ0) is 18.1. The summed E-state index contributed by atoms with van der Waals surface area (Å²) in [6.07, 6.45) is 3.65. The van der Waals surface area contributed by atoms with Crippen LogP contribution in [0, 0.1) is 0 Å². The molecule has 1 saturated heterocycles. The van der Waals surface area contributed by atoms with Crippen LogP contribution in [0.25, 0.3) is 27.4 Å². The number of hydrogen-bond donors (Lipinski definition) is 0. The molecule has 0 unspecified atom stereocenters. The molecule has 0 saturated carbocycles. The average molecular weight is 377 g/mol. The molecule has 0 aliphatic carbocycles.